The highest BCUT2D eigenvalue weighted by atomic mass is 35.5. The lowest BCUT2D eigenvalue weighted by Gasteiger charge is -2.05. The van der Waals surface area contributed by atoms with E-state index < -0.39 is 0 Å². The summed E-state index contributed by atoms with van der Waals surface area (Å²) in [5, 5.41) is 11.1. The molecule has 0 aliphatic rings. The van der Waals surface area contributed by atoms with E-state index in [1.54, 1.807) is 29.7 Å². The van der Waals surface area contributed by atoms with Crippen LogP contribution in [0.4, 0.5) is 0 Å². The Hall–Kier alpha value is -2.42. The van der Waals surface area contributed by atoms with Gasteiger partial charge in [0.15, 0.2) is 16.7 Å². The molecule has 0 fully saturated rings. The van der Waals surface area contributed by atoms with Gasteiger partial charge in [0.2, 0.25) is 5.16 Å². The zero-order chi connectivity index (χ0) is 19.7. The van der Waals surface area contributed by atoms with Crippen molar-refractivity contribution in [2.45, 2.75) is 19.0 Å². The first-order valence-corrected chi connectivity index (χ1v) is 10.7. The van der Waals surface area contributed by atoms with Gasteiger partial charge >= 0.3 is 0 Å². The Bertz CT molecular complexity index is 1120. The van der Waals surface area contributed by atoms with Gasteiger partial charge in [-0.2, -0.15) is 0 Å². The fraction of sp³-hybridized carbons (Fsp3) is 0.158. The van der Waals surface area contributed by atoms with Crippen molar-refractivity contribution < 1.29 is 4.79 Å². The van der Waals surface area contributed by atoms with Crippen LogP contribution < -0.4 is 0 Å². The molecule has 1 N–H and O–H groups in total. The summed E-state index contributed by atoms with van der Waals surface area (Å²) in [6.45, 7) is 3.92. The zero-order valence-electron chi connectivity index (χ0n) is 15.1. The van der Waals surface area contributed by atoms with Crippen molar-refractivity contribution in [3.05, 3.63) is 63.9 Å². The van der Waals surface area contributed by atoms with Crippen molar-refractivity contribution in [3.63, 3.8) is 0 Å². The Morgan fingerprint density at radius 1 is 1.29 bits per heavy atom. The Morgan fingerprint density at radius 3 is 2.79 bits per heavy atom. The highest BCUT2D eigenvalue weighted by Crippen LogP contribution is 2.25. The maximum Gasteiger partial charge on any atom is 0.209 e. The van der Waals surface area contributed by atoms with Gasteiger partial charge in [0.05, 0.1) is 5.75 Å². The minimum absolute atomic E-state index is 0.0405. The predicted molar refractivity (Wildman–Crippen MR) is 113 cm³/mol. The van der Waals surface area contributed by atoms with E-state index in [0.717, 1.165) is 22.1 Å². The van der Waals surface area contributed by atoms with Crippen LogP contribution in [0.25, 0.3) is 16.5 Å². The Kier molecular flexibility index (Phi) is 5.34. The molecule has 3 aromatic heterocycles. The quantitative estimate of drug-likeness (QED) is 0.346. The van der Waals surface area contributed by atoms with Crippen molar-refractivity contribution >= 4 is 40.5 Å². The van der Waals surface area contributed by atoms with Gasteiger partial charge in [0.25, 0.3) is 0 Å². The first-order valence-electron chi connectivity index (χ1n) is 8.46. The van der Waals surface area contributed by atoms with E-state index in [-0.39, 0.29) is 11.5 Å². The summed E-state index contributed by atoms with van der Waals surface area (Å²) in [5.41, 5.74) is 3.48. The van der Waals surface area contributed by atoms with Crippen LogP contribution >= 0.6 is 34.7 Å². The molecule has 0 saturated heterocycles. The average Bonchev–Trinajstić information content (AvgIpc) is 3.41. The monoisotopic (exact) mass is 429 g/mol. The van der Waals surface area contributed by atoms with Gasteiger partial charge in [0.1, 0.15) is 0 Å². The van der Waals surface area contributed by atoms with Gasteiger partial charge in [0, 0.05) is 39.1 Å². The van der Waals surface area contributed by atoms with E-state index >= 15 is 0 Å². The number of carbonyl (C=O) groups excluding carboxylic acids is 1. The van der Waals surface area contributed by atoms with Gasteiger partial charge in [-0.05, 0) is 44.2 Å². The van der Waals surface area contributed by atoms with E-state index in [4.69, 9.17) is 11.6 Å². The van der Waals surface area contributed by atoms with E-state index in [2.05, 4.69) is 20.2 Å². The highest BCUT2D eigenvalue weighted by molar-refractivity contribution is 7.99. The molecule has 0 aliphatic heterocycles. The molecule has 0 amide bonds. The molecule has 6 nitrogen and oxygen atoms in total. The number of ketones is 1. The van der Waals surface area contributed by atoms with Crippen LogP contribution in [0.15, 0.2) is 47.1 Å². The number of benzene rings is 1. The molecule has 0 bridgehead atoms. The number of nitrogens with zero attached hydrogens (tertiary/aromatic N) is 4. The highest BCUT2D eigenvalue weighted by Gasteiger charge is 2.18. The first kappa shape index (κ1) is 18.9. The van der Waals surface area contributed by atoms with Gasteiger partial charge in [-0.15, -0.1) is 16.4 Å². The van der Waals surface area contributed by atoms with Crippen LogP contribution in [-0.2, 0) is 0 Å². The molecule has 28 heavy (non-hydrogen) atoms. The van der Waals surface area contributed by atoms with Crippen LogP contribution in [0.2, 0.25) is 5.02 Å². The second-order valence-electron chi connectivity index (χ2n) is 6.12. The molecule has 142 valence electrons. The summed E-state index contributed by atoms with van der Waals surface area (Å²) in [4.78, 5) is 21.5. The summed E-state index contributed by atoms with van der Waals surface area (Å²) in [6.07, 6.45) is 1.76. The lowest BCUT2D eigenvalue weighted by atomic mass is 10.2. The number of hydrogen-bond acceptors (Lipinski definition) is 6. The summed E-state index contributed by atoms with van der Waals surface area (Å²) >= 11 is 8.77. The molecule has 4 rings (SSSR count). The molecule has 3 heterocycles. The van der Waals surface area contributed by atoms with Crippen molar-refractivity contribution in [3.8, 4) is 16.5 Å². The number of aromatic nitrogens is 5. The third kappa shape index (κ3) is 3.76. The van der Waals surface area contributed by atoms with Crippen LogP contribution in [-0.4, -0.2) is 36.3 Å². The van der Waals surface area contributed by atoms with Crippen LogP contribution in [0.5, 0.6) is 0 Å². The number of thioether (sulfide) groups is 1. The van der Waals surface area contributed by atoms with Gasteiger partial charge in [-0.3, -0.25) is 14.5 Å². The van der Waals surface area contributed by atoms with Crippen LogP contribution in [0.1, 0.15) is 21.7 Å². The van der Waals surface area contributed by atoms with Crippen molar-refractivity contribution in [2.75, 3.05) is 5.75 Å². The lowest BCUT2D eigenvalue weighted by molar-refractivity contribution is 0.102. The normalized spacial score (nSPS) is 11.1. The molecule has 0 unspecified atom stereocenters. The summed E-state index contributed by atoms with van der Waals surface area (Å²) in [5.74, 6) is 0.951. The van der Waals surface area contributed by atoms with Gasteiger partial charge in [-0.1, -0.05) is 23.4 Å². The lowest BCUT2D eigenvalue weighted by Crippen LogP contribution is -2.05. The molecule has 0 radical (unpaired) electrons. The maximum atomic E-state index is 12.8. The first-order chi connectivity index (χ1) is 13.5. The number of rotatable bonds is 6. The molecule has 0 spiro atoms. The van der Waals surface area contributed by atoms with E-state index in [9.17, 15) is 4.79 Å². The fourth-order valence-corrected chi connectivity index (χ4v) is 4.48. The second-order valence-corrected chi connectivity index (χ2v) is 8.37. The number of halogens is 1. The zero-order valence-corrected chi connectivity index (χ0v) is 17.5. The van der Waals surface area contributed by atoms with Crippen molar-refractivity contribution in [1.82, 2.24) is 24.7 Å². The van der Waals surface area contributed by atoms with Gasteiger partial charge < -0.3 is 0 Å². The molecule has 9 heteroatoms. The topological polar surface area (TPSA) is 76.5 Å². The summed E-state index contributed by atoms with van der Waals surface area (Å²) in [7, 11) is 0. The van der Waals surface area contributed by atoms with Crippen molar-refractivity contribution in [1.29, 1.82) is 0 Å². The molecule has 0 saturated carbocycles. The number of aromatic amines is 1. The average molecular weight is 430 g/mol. The number of H-pyrrole nitrogens is 1. The van der Waals surface area contributed by atoms with Crippen LogP contribution in [0.3, 0.4) is 0 Å². The number of aryl methyl sites for hydroxylation is 1. The number of nitrogens with one attached hydrogen (secondary N) is 1. The van der Waals surface area contributed by atoms with Gasteiger partial charge in [-0.25, -0.2) is 9.97 Å². The number of thiazole rings is 1. The molecular formula is C19H16ClN5OS2. The summed E-state index contributed by atoms with van der Waals surface area (Å²) < 4.78 is 2.01. The Morgan fingerprint density at radius 2 is 2.07 bits per heavy atom. The summed E-state index contributed by atoms with van der Waals surface area (Å²) in [6, 6.07) is 9.25. The molecule has 4 aromatic rings. The molecule has 1 aromatic carbocycles. The SMILES string of the molecule is Cc1cc(C(=O)CSc2n[nH]c(-c3ccc(Cl)cc3)n2)c(C)n1-c1nccs1. The Balaban J connectivity index is 1.47. The molecular weight excluding hydrogens is 414 g/mol. The minimum atomic E-state index is 0.0405. The van der Waals surface area contributed by atoms with E-state index in [1.807, 2.05) is 42.0 Å². The standard InChI is InChI=1S/C19H16ClN5OS2/c1-11-9-15(12(2)25(11)19-21-7-8-27-19)16(26)10-28-18-22-17(23-24-18)13-3-5-14(20)6-4-13/h3-9H,10H2,1-2H3,(H,22,23,24). The predicted octanol–water partition coefficient (Wildman–Crippen LogP) is 4.96. The number of carbonyl (C=O) groups is 1. The molecule has 0 aliphatic carbocycles. The van der Waals surface area contributed by atoms with Crippen LogP contribution in [0, 0.1) is 13.8 Å². The fourth-order valence-electron chi connectivity index (χ4n) is 2.92. The number of Topliss-reactive ketones (excluding diaryl/α,β-unsaturated/α-hetero) is 1. The largest absolute Gasteiger partial charge is 0.294 e. The third-order valence-corrected chi connectivity index (χ3v) is 6.11. The Labute approximate surface area is 175 Å². The second kappa shape index (κ2) is 7.90. The van der Waals surface area contributed by atoms with E-state index in [1.165, 1.54) is 11.8 Å². The number of hydrogen-bond donors (Lipinski definition) is 1. The maximum absolute atomic E-state index is 12.8. The molecule has 0 atom stereocenters. The smallest absolute Gasteiger partial charge is 0.209 e. The van der Waals surface area contributed by atoms with Crippen molar-refractivity contribution in [2.24, 2.45) is 0 Å². The van der Waals surface area contributed by atoms with E-state index in [0.29, 0.717) is 21.6 Å². The minimum Gasteiger partial charge on any atom is -0.294 e. The third-order valence-electron chi connectivity index (χ3n) is 4.26.